The van der Waals surface area contributed by atoms with Crippen LogP contribution < -0.4 is 4.90 Å². The largest absolute Gasteiger partial charge is 0.465 e. The predicted molar refractivity (Wildman–Crippen MR) is 144 cm³/mol. The molecule has 0 atom stereocenters. The summed E-state index contributed by atoms with van der Waals surface area (Å²) in [5.74, 6) is 0.552. The van der Waals surface area contributed by atoms with E-state index in [-0.39, 0.29) is 35.4 Å². The number of methoxy groups -OCH3 is 1. The topological polar surface area (TPSA) is 65.1 Å². The van der Waals surface area contributed by atoms with Crippen LogP contribution in [0.15, 0.2) is 6.07 Å². The lowest BCUT2D eigenvalue weighted by Crippen LogP contribution is -2.47. The van der Waals surface area contributed by atoms with Gasteiger partial charge < -0.3 is 19.1 Å². The highest BCUT2D eigenvalue weighted by atomic mass is 32.1. The molecule has 6 nitrogen and oxygen atoms in total. The van der Waals surface area contributed by atoms with Gasteiger partial charge in [0.1, 0.15) is 4.88 Å². The first kappa shape index (κ1) is 27.6. The molecule has 1 aromatic rings. The Morgan fingerprint density at radius 3 is 2.14 bits per heavy atom. The molecule has 7 heteroatoms. The summed E-state index contributed by atoms with van der Waals surface area (Å²) < 4.78 is 17.1. The van der Waals surface area contributed by atoms with E-state index < -0.39 is 0 Å². The smallest absolute Gasteiger partial charge is 0.350 e. The number of esters is 1. The number of rotatable bonds is 6. The van der Waals surface area contributed by atoms with Crippen LogP contribution in [0.1, 0.15) is 106 Å². The highest BCUT2D eigenvalue weighted by Crippen LogP contribution is 2.42. The highest BCUT2D eigenvalue weighted by molar-refractivity contribution is 7.14. The number of anilines is 1. The van der Waals surface area contributed by atoms with Crippen molar-refractivity contribution in [1.29, 1.82) is 0 Å². The lowest BCUT2D eigenvalue weighted by molar-refractivity contribution is -0.124. The van der Waals surface area contributed by atoms with Crippen LogP contribution in [0.5, 0.6) is 0 Å². The quantitative estimate of drug-likeness (QED) is 0.402. The Bertz CT molecular complexity index is 884. The molecule has 2 heterocycles. The molecule has 0 bridgehead atoms. The van der Waals surface area contributed by atoms with Gasteiger partial charge in [0, 0.05) is 30.1 Å². The van der Waals surface area contributed by atoms with Crippen molar-refractivity contribution in [1.82, 2.24) is 0 Å². The van der Waals surface area contributed by atoms with Crippen LogP contribution in [-0.2, 0) is 24.4 Å². The van der Waals surface area contributed by atoms with Crippen LogP contribution in [0.4, 0.5) is 5.69 Å². The van der Waals surface area contributed by atoms with Gasteiger partial charge >= 0.3 is 5.97 Å². The van der Waals surface area contributed by atoms with Gasteiger partial charge in [0.2, 0.25) is 5.91 Å². The molecule has 3 fully saturated rings. The summed E-state index contributed by atoms with van der Waals surface area (Å²) in [7, 11) is 1.43. The van der Waals surface area contributed by atoms with Gasteiger partial charge in [0.25, 0.3) is 0 Å². The minimum atomic E-state index is -0.350. The third-order valence-electron chi connectivity index (χ3n) is 8.25. The molecule has 2 aliphatic carbocycles. The fourth-order valence-corrected chi connectivity index (χ4v) is 7.02. The molecule has 0 spiro atoms. The Morgan fingerprint density at radius 2 is 1.56 bits per heavy atom. The van der Waals surface area contributed by atoms with Gasteiger partial charge in [-0.2, -0.15) is 0 Å². The normalized spacial score (nSPS) is 28.0. The fourth-order valence-electron chi connectivity index (χ4n) is 5.89. The number of ether oxygens (including phenoxy) is 3. The third-order valence-corrected chi connectivity index (χ3v) is 9.78. The van der Waals surface area contributed by atoms with Crippen molar-refractivity contribution in [3.05, 3.63) is 15.8 Å². The van der Waals surface area contributed by atoms with E-state index in [9.17, 15) is 9.59 Å². The molecular weight excluding hydrogens is 474 g/mol. The lowest BCUT2D eigenvalue weighted by atomic mass is 9.81. The number of hydrogen-bond acceptors (Lipinski definition) is 6. The number of thiophene rings is 1. The summed E-state index contributed by atoms with van der Waals surface area (Å²) in [5, 5.41) is 0. The van der Waals surface area contributed by atoms with E-state index >= 15 is 0 Å². The second-order valence-corrected chi connectivity index (χ2v) is 13.2. The Kier molecular flexibility index (Phi) is 9.16. The molecule has 1 aromatic heterocycles. The van der Waals surface area contributed by atoms with Crippen LogP contribution in [0, 0.1) is 11.8 Å². The Labute approximate surface area is 221 Å². The van der Waals surface area contributed by atoms with Crippen LogP contribution in [0.25, 0.3) is 0 Å². The van der Waals surface area contributed by atoms with Gasteiger partial charge in [-0.15, -0.1) is 11.3 Å². The fraction of sp³-hybridized carbons (Fsp3) is 0.793. The Morgan fingerprint density at radius 1 is 0.944 bits per heavy atom. The van der Waals surface area contributed by atoms with Crippen LogP contribution in [0.3, 0.4) is 0 Å². The standard InChI is InChI=1S/C29H45NO5S/c1-19-6-8-20(9-7-19)27(31)30(24-18-25(29(2,3)4)36-26(24)28(32)33-5)21-10-12-22(13-11-21)35-23-14-16-34-17-15-23/h18-23H,6-17H2,1-5H3. The summed E-state index contributed by atoms with van der Waals surface area (Å²) in [6.07, 6.45) is 10.2. The van der Waals surface area contributed by atoms with Crippen LogP contribution in [-0.4, -0.2) is 50.4 Å². The molecular formula is C29H45NO5S. The lowest BCUT2D eigenvalue weighted by Gasteiger charge is -2.40. The molecule has 0 radical (unpaired) electrons. The monoisotopic (exact) mass is 519 g/mol. The van der Waals surface area contributed by atoms with Crippen molar-refractivity contribution < 1.29 is 23.8 Å². The second-order valence-electron chi connectivity index (χ2n) is 12.1. The zero-order chi connectivity index (χ0) is 25.9. The average Bonchev–Trinajstić information content (AvgIpc) is 3.31. The maximum absolute atomic E-state index is 14.2. The SMILES string of the molecule is COC(=O)c1sc(C(C)(C)C)cc1N(C(=O)C1CCC(C)CC1)C1CCC(OC2CCOCC2)CC1. The van der Waals surface area contributed by atoms with Gasteiger partial charge in [-0.25, -0.2) is 4.79 Å². The molecule has 0 N–H and O–H groups in total. The van der Waals surface area contributed by atoms with E-state index in [1.165, 1.54) is 18.4 Å². The number of hydrogen-bond donors (Lipinski definition) is 0. The molecule has 0 unspecified atom stereocenters. The molecule has 1 amide bonds. The molecule has 0 aromatic carbocycles. The summed E-state index contributed by atoms with van der Waals surface area (Å²) >= 11 is 1.47. The van der Waals surface area contributed by atoms with Crippen LogP contribution >= 0.6 is 11.3 Å². The summed E-state index contributed by atoms with van der Waals surface area (Å²) in [6.45, 7) is 10.3. The number of nitrogens with zero attached hydrogens (tertiary/aromatic N) is 1. The van der Waals surface area contributed by atoms with Crippen molar-refractivity contribution in [2.75, 3.05) is 25.2 Å². The second kappa shape index (κ2) is 12.0. The molecule has 202 valence electrons. The molecule has 36 heavy (non-hydrogen) atoms. The first-order valence-electron chi connectivity index (χ1n) is 14.0. The summed E-state index contributed by atoms with van der Waals surface area (Å²) in [6, 6.07) is 2.17. The van der Waals surface area contributed by atoms with Crippen molar-refractivity contribution in [2.45, 2.75) is 116 Å². The average molecular weight is 520 g/mol. The zero-order valence-corrected chi connectivity index (χ0v) is 23.7. The third kappa shape index (κ3) is 6.51. The van der Waals surface area contributed by atoms with E-state index in [0.717, 1.165) is 88.0 Å². The first-order chi connectivity index (χ1) is 17.2. The number of carbonyl (C=O) groups is 2. The zero-order valence-electron chi connectivity index (χ0n) is 22.8. The van der Waals surface area contributed by atoms with E-state index in [4.69, 9.17) is 14.2 Å². The predicted octanol–water partition coefficient (Wildman–Crippen LogP) is 6.50. The first-order valence-corrected chi connectivity index (χ1v) is 14.8. The Hall–Kier alpha value is -1.44. The highest BCUT2D eigenvalue weighted by Gasteiger charge is 2.39. The van der Waals surface area contributed by atoms with Crippen molar-refractivity contribution in [3.63, 3.8) is 0 Å². The van der Waals surface area contributed by atoms with Crippen molar-refractivity contribution >= 4 is 28.9 Å². The van der Waals surface area contributed by atoms with Crippen molar-refractivity contribution in [3.8, 4) is 0 Å². The molecule has 1 saturated heterocycles. The van der Waals surface area contributed by atoms with E-state index in [0.29, 0.717) is 16.9 Å². The van der Waals surface area contributed by atoms with Gasteiger partial charge in [0.15, 0.2) is 0 Å². The number of carbonyl (C=O) groups excluding carboxylic acids is 2. The van der Waals surface area contributed by atoms with E-state index in [1.807, 2.05) is 4.90 Å². The Balaban J connectivity index is 1.58. The van der Waals surface area contributed by atoms with Gasteiger partial charge in [0.05, 0.1) is 25.0 Å². The van der Waals surface area contributed by atoms with E-state index in [1.54, 1.807) is 0 Å². The van der Waals surface area contributed by atoms with Gasteiger partial charge in [-0.05, 0) is 81.6 Å². The maximum Gasteiger partial charge on any atom is 0.350 e. The summed E-state index contributed by atoms with van der Waals surface area (Å²) in [4.78, 5) is 30.7. The van der Waals surface area contributed by atoms with Gasteiger partial charge in [-0.3, -0.25) is 4.79 Å². The van der Waals surface area contributed by atoms with E-state index in [2.05, 4.69) is 33.8 Å². The minimum absolute atomic E-state index is 0.0286. The van der Waals surface area contributed by atoms with Crippen molar-refractivity contribution in [2.24, 2.45) is 11.8 Å². The molecule has 1 aliphatic heterocycles. The minimum Gasteiger partial charge on any atom is -0.465 e. The van der Waals surface area contributed by atoms with Crippen LogP contribution in [0.2, 0.25) is 0 Å². The number of amides is 1. The molecule has 4 rings (SSSR count). The molecule has 3 aliphatic rings. The maximum atomic E-state index is 14.2. The van der Waals surface area contributed by atoms with Gasteiger partial charge in [-0.1, -0.05) is 27.7 Å². The molecule has 2 saturated carbocycles. The summed E-state index contributed by atoms with van der Waals surface area (Å²) in [5.41, 5.74) is 0.643.